The van der Waals surface area contributed by atoms with Gasteiger partial charge in [-0.2, -0.15) is 4.98 Å². The first-order chi connectivity index (χ1) is 22.4. The highest BCUT2D eigenvalue weighted by molar-refractivity contribution is 7.98. The fourth-order valence-electron chi connectivity index (χ4n) is 5.22. The van der Waals surface area contributed by atoms with E-state index in [1.807, 2.05) is 81.4 Å². The highest BCUT2D eigenvalue weighted by Gasteiger charge is 2.35. The van der Waals surface area contributed by atoms with E-state index in [0.717, 1.165) is 11.1 Å². The molecule has 1 amide bonds. The summed E-state index contributed by atoms with van der Waals surface area (Å²) in [5, 5.41) is 11.6. The number of allylic oxidation sites excluding steroid dienone is 1. The molecule has 6 rings (SSSR count). The fraction of sp³-hybridized carbons (Fsp3) is 0.194. The van der Waals surface area contributed by atoms with Gasteiger partial charge in [0.1, 0.15) is 30.0 Å². The molecule has 8 nitrogen and oxygen atoms in total. The molecule has 2 N–H and O–H groups in total. The summed E-state index contributed by atoms with van der Waals surface area (Å²) in [6.45, 7) is 6.66. The van der Waals surface area contributed by atoms with E-state index in [1.165, 1.54) is 23.4 Å². The van der Waals surface area contributed by atoms with Crippen LogP contribution in [0.5, 0.6) is 11.5 Å². The second-order valence-electron chi connectivity index (χ2n) is 10.8. The summed E-state index contributed by atoms with van der Waals surface area (Å²) in [7, 11) is 0. The van der Waals surface area contributed by atoms with Gasteiger partial charge in [0.25, 0.3) is 5.91 Å². The fourth-order valence-corrected chi connectivity index (χ4v) is 6.03. The number of benzene rings is 4. The van der Waals surface area contributed by atoms with Crippen LogP contribution in [-0.2, 0) is 17.2 Å². The number of carbonyl (C=O) groups is 1. The number of hydrogen-bond acceptors (Lipinski definition) is 7. The molecule has 1 unspecified atom stereocenters. The Morgan fingerprint density at radius 3 is 2.57 bits per heavy atom. The molecule has 10 heteroatoms. The van der Waals surface area contributed by atoms with Gasteiger partial charge < -0.3 is 20.1 Å². The Bertz CT molecular complexity index is 1890. The zero-order valence-corrected chi connectivity index (χ0v) is 26.6. The topological polar surface area (TPSA) is 90.3 Å². The van der Waals surface area contributed by atoms with E-state index in [9.17, 15) is 9.18 Å². The molecule has 1 aromatic heterocycles. The number of thioether (sulfide) groups is 1. The van der Waals surface area contributed by atoms with Gasteiger partial charge in [0, 0.05) is 11.4 Å². The van der Waals surface area contributed by atoms with Crippen molar-refractivity contribution in [3.8, 4) is 11.5 Å². The molecule has 0 bridgehead atoms. The maximum absolute atomic E-state index is 14.3. The molecule has 1 atom stereocenters. The molecule has 0 saturated carbocycles. The van der Waals surface area contributed by atoms with Crippen molar-refractivity contribution in [2.75, 3.05) is 17.2 Å². The number of ether oxygens (including phenoxy) is 2. The summed E-state index contributed by atoms with van der Waals surface area (Å²) in [5.41, 5.74) is 5.25. The molecule has 2 heterocycles. The van der Waals surface area contributed by atoms with E-state index in [2.05, 4.69) is 22.8 Å². The van der Waals surface area contributed by atoms with Crippen molar-refractivity contribution in [1.82, 2.24) is 14.8 Å². The number of rotatable bonds is 11. The molecular formula is C36H34FN5O3S. The van der Waals surface area contributed by atoms with Crippen molar-refractivity contribution < 1.29 is 18.7 Å². The number of carbonyl (C=O) groups excluding carboxylic acids is 1. The maximum atomic E-state index is 14.3. The van der Waals surface area contributed by atoms with Crippen LogP contribution in [0.3, 0.4) is 0 Å². The number of halogens is 1. The minimum atomic E-state index is -0.631. The number of para-hydroxylation sites is 2. The average molecular weight is 636 g/mol. The first-order valence-electron chi connectivity index (χ1n) is 15.0. The van der Waals surface area contributed by atoms with Gasteiger partial charge in [-0.25, -0.2) is 9.07 Å². The minimum Gasteiger partial charge on any atom is -0.492 e. The van der Waals surface area contributed by atoms with Crippen LogP contribution < -0.4 is 20.1 Å². The summed E-state index contributed by atoms with van der Waals surface area (Å²) >= 11 is 1.33. The third-order valence-corrected chi connectivity index (χ3v) is 8.41. The van der Waals surface area contributed by atoms with Gasteiger partial charge in [-0.15, -0.1) is 5.10 Å². The Balaban J connectivity index is 1.34. The van der Waals surface area contributed by atoms with Gasteiger partial charge in [0.2, 0.25) is 11.1 Å². The molecular weight excluding hydrogens is 601 g/mol. The molecule has 0 spiro atoms. The molecule has 1 aliphatic heterocycles. The number of amides is 1. The van der Waals surface area contributed by atoms with Crippen LogP contribution in [0.1, 0.15) is 42.1 Å². The molecule has 0 radical (unpaired) electrons. The largest absolute Gasteiger partial charge is 0.492 e. The van der Waals surface area contributed by atoms with Gasteiger partial charge in [-0.1, -0.05) is 84.1 Å². The normalized spacial score (nSPS) is 14.0. The lowest BCUT2D eigenvalue weighted by Gasteiger charge is -2.29. The summed E-state index contributed by atoms with van der Waals surface area (Å²) in [6, 6.07) is 29.2. The number of hydrogen-bond donors (Lipinski definition) is 2. The quantitative estimate of drug-likeness (QED) is 0.143. The maximum Gasteiger partial charge on any atom is 0.255 e. The molecule has 0 saturated heterocycles. The lowest BCUT2D eigenvalue weighted by Crippen LogP contribution is -2.31. The zero-order valence-electron chi connectivity index (χ0n) is 25.8. The number of nitrogens with zero attached hydrogens (tertiary/aromatic N) is 3. The van der Waals surface area contributed by atoms with E-state index >= 15 is 0 Å². The summed E-state index contributed by atoms with van der Waals surface area (Å²) in [4.78, 5) is 18.8. The van der Waals surface area contributed by atoms with E-state index in [-0.39, 0.29) is 11.7 Å². The molecule has 0 aliphatic carbocycles. The minimum absolute atomic E-state index is 0.277. The zero-order chi connectivity index (χ0) is 32.0. The number of aryl methyl sites for hydroxylation is 1. The van der Waals surface area contributed by atoms with Crippen LogP contribution in [0.4, 0.5) is 16.0 Å². The van der Waals surface area contributed by atoms with Crippen LogP contribution in [0.2, 0.25) is 0 Å². The standard InChI is InChI=1S/C36H34FN5O3S/c1-4-44-31-15-8-7-14-30(31)39-34(43)32-24(3)38-35-40-36(46-22-27-10-5-6-13-29(27)37)41-42(35)33(32)26-11-9-12-28(20-26)45-21-25-18-16-23(2)17-19-25/h5-20,33H,4,21-22H2,1-3H3,(H,39,43)(H,38,40,41). The average Bonchev–Trinajstić information content (AvgIpc) is 3.47. The predicted molar refractivity (Wildman–Crippen MR) is 179 cm³/mol. The smallest absolute Gasteiger partial charge is 0.255 e. The van der Waals surface area contributed by atoms with Gasteiger partial charge >= 0.3 is 0 Å². The van der Waals surface area contributed by atoms with Crippen molar-refractivity contribution >= 4 is 29.3 Å². The molecule has 4 aromatic carbocycles. The highest BCUT2D eigenvalue weighted by atomic mass is 32.2. The third-order valence-electron chi connectivity index (χ3n) is 7.53. The van der Waals surface area contributed by atoms with Crippen LogP contribution in [0.25, 0.3) is 0 Å². The van der Waals surface area contributed by atoms with Crippen LogP contribution in [0, 0.1) is 12.7 Å². The van der Waals surface area contributed by atoms with E-state index in [4.69, 9.17) is 19.6 Å². The van der Waals surface area contributed by atoms with Crippen LogP contribution in [-0.4, -0.2) is 27.3 Å². The lowest BCUT2D eigenvalue weighted by molar-refractivity contribution is -0.113. The molecule has 0 fully saturated rings. The summed E-state index contributed by atoms with van der Waals surface area (Å²) in [5.74, 6) is 1.49. The van der Waals surface area contributed by atoms with Crippen LogP contribution in [0.15, 0.2) is 113 Å². The number of aromatic nitrogens is 3. The van der Waals surface area contributed by atoms with E-state index in [0.29, 0.717) is 64.1 Å². The Kier molecular flexibility index (Phi) is 9.35. The van der Waals surface area contributed by atoms with Crippen molar-refractivity contribution in [3.05, 3.63) is 136 Å². The van der Waals surface area contributed by atoms with Gasteiger partial charge in [-0.3, -0.25) is 4.79 Å². The van der Waals surface area contributed by atoms with Crippen molar-refractivity contribution in [2.24, 2.45) is 0 Å². The van der Waals surface area contributed by atoms with Gasteiger partial charge in [0.15, 0.2) is 0 Å². The van der Waals surface area contributed by atoms with E-state index < -0.39 is 6.04 Å². The van der Waals surface area contributed by atoms with Crippen LogP contribution >= 0.6 is 11.8 Å². The Labute approximate surface area is 271 Å². The Morgan fingerprint density at radius 2 is 1.76 bits per heavy atom. The first kappa shape index (κ1) is 30.9. The Morgan fingerprint density at radius 1 is 0.978 bits per heavy atom. The molecule has 46 heavy (non-hydrogen) atoms. The monoisotopic (exact) mass is 635 g/mol. The number of fused-ring (bicyclic) bond motifs is 1. The third kappa shape index (κ3) is 6.92. The predicted octanol–water partition coefficient (Wildman–Crippen LogP) is 7.92. The Hall–Kier alpha value is -5.09. The first-order valence-corrected chi connectivity index (χ1v) is 16.0. The second kappa shape index (κ2) is 13.9. The van der Waals surface area contributed by atoms with Gasteiger partial charge in [0.05, 0.1) is 17.9 Å². The lowest BCUT2D eigenvalue weighted by atomic mass is 9.94. The second-order valence-corrected chi connectivity index (χ2v) is 11.8. The SMILES string of the molecule is CCOc1ccccc1NC(=O)C1=C(C)Nc2nc(SCc3ccccc3F)nn2C1c1cccc(OCc2ccc(C)cc2)c1. The summed E-state index contributed by atoms with van der Waals surface area (Å²) < 4.78 is 28.0. The van der Waals surface area contributed by atoms with E-state index in [1.54, 1.807) is 22.9 Å². The molecule has 1 aliphatic rings. The van der Waals surface area contributed by atoms with Crippen molar-refractivity contribution in [3.63, 3.8) is 0 Å². The molecule has 234 valence electrons. The van der Waals surface area contributed by atoms with Crippen molar-refractivity contribution in [2.45, 2.75) is 44.3 Å². The van der Waals surface area contributed by atoms with Crippen molar-refractivity contribution in [1.29, 1.82) is 0 Å². The number of anilines is 2. The summed E-state index contributed by atoms with van der Waals surface area (Å²) in [6.07, 6.45) is 0. The number of nitrogens with one attached hydrogen (secondary N) is 2. The highest BCUT2D eigenvalue weighted by Crippen LogP contribution is 2.38. The van der Waals surface area contributed by atoms with Gasteiger partial charge in [-0.05, 0) is 67.8 Å². The molecule has 5 aromatic rings.